The van der Waals surface area contributed by atoms with Gasteiger partial charge in [0.2, 0.25) is 5.95 Å². The van der Waals surface area contributed by atoms with Crippen LogP contribution in [0.3, 0.4) is 0 Å². The zero-order valence-corrected chi connectivity index (χ0v) is 19.2. The van der Waals surface area contributed by atoms with E-state index >= 15 is 0 Å². The fraction of sp³-hybridized carbons (Fsp3) is 0.385. The number of nitrogens with one attached hydrogen (secondary N) is 2. The molecule has 1 fully saturated rings. The van der Waals surface area contributed by atoms with Gasteiger partial charge >= 0.3 is 0 Å². The minimum Gasteiger partial charge on any atom is -0.354 e. The van der Waals surface area contributed by atoms with E-state index in [-0.39, 0.29) is 0 Å². The van der Waals surface area contributed by atoms with Gasteiger partial charge in [-0.2, -0.15) is 0 Å². The van der Waals surface area contributed by atoms with Crippen LogP contribution in [0.4, 0.5) is 14.7 Å². The highest BCUT2D eigenvalue weighted by Gasteiger charge is 2.20. The van der Waals surface area contributed by atoms with Gasteiger partial charge in [0.25, 0.3) is 0 Å². The van der Waals surface area contributed by atoms with Gasteiger partial charge in [0.15, 0.2) is 0 Å². The Morgan fingerprint density at radius 1 is 1.09 bits per heavy atom. The van der Waals surface area contributed by atoms with Crippen molar-refractivity contribution in [2.45, 2.75) is 39.3 Å². The third kappa shape index (κ3) is 6.12. The summed E-state index contributed by atoms with van der Waals surface area (Å²) in [5.74, 6) is -0.628. The molecule has 0 radical (unpaired) electrons. The van der Waals surface area contributed by atoms with Crippen LogP contribution in [0, 0.1) is 18.6 Å². The number of benzene rings is 2. The summed E-state index contributed by atoms with van der Waals surface area (Å²) in [6, 6.07) is 12.6. The summed E-state index contributed by atoms with van der Waals surface area (Å²) in [5.41, 5.74) is 4.98. The first-order chi connectivity index (χ1) is 16.0. The van der Waals surface area contributed by atoms with Crippen LogP contribution >= 0.6 is 0 Å². The molecule has 4 rings (SSSR count). The Kier molecular flexibility index (Phi) is 7.62. The van der Waals surface area contributed by atoms with Crippen LogP contribution in [0.15, 0.2) is 48.7 Å². The molecular formula is C26H31F2N5. The van der Waals surface area contributed by atoms with Gasteiger partial charge in [-0.3, -0.25) is 4.90 Å². The number of aromatic nitrogens is 2. The quantitative estimate of drug-likeness (QED) is 0.526. The number of piperazine rings is 1. The molecular weight excluding hydrogens is 420 g/mol. The second-order valence-electron chi connectivity index (χ2n) is 8.61. The van der Waals surface area contributed by atoms with Crippen molar-refractivity contribution in [3.8, 4) is 11.3 Å². The third-order valence-corrected chi connectivity index (χ3v) is 6.18. The minimum atomic E-state index is -0.565. The number of hydrogen-bond acceptors (Lipinski definition) is 5. The molecule has 5 nitrogen and oxygen atoms in total. The van der Waals surface area contributed by atoms with Crippen LogP contribution in [0.25, 0.3) is 11.3 Å². The van der Waals surface area contributed by atoms with Crippen molar-refractivity contribution in [2.24, 2.45) is 0 Å². The van der Waals surface area contributed by atoms with E-state index in [1.807, 2.05) is 6.07 Å². The average Bonchev–Trinajstić information content (AvgIpc) is 2.80. The lowest BCUT2D eigenvalue weighted by molar-refractivity contribution is 0.149. The highest BCUT2D eigenvalue weighted by Crippen LogP contribution is 2.25. The molecule has 0 saturated carbocycles. The fourth-order valence-corrected chi connectivity index (χ4v) is 4.36. The van der Waals surface area contributed by atoms with E-state index in [1.165, 1.54) is 17.7 Å². The van der Waals surface area contributed by atoms with E-state index in [0.717, 1.165) is 55.5 Å². The topological polar surface area (TPSA) is 53.1 Å². The van der Waals surface area contributed by atoms with Crippen molar-refractivity contribution in [3.05, 3.63) is 77.0 Å². The maximum atomic E-state index is 13.4. The SMILES string of the molecule is CCC1CNCCN1Cc1ccc(C)c(-c2ccnc(NCCc3cc(F)cc(F)c3)n2)c1. The molecule has 1 unspecified atom stereocenters. The zero-order chi connectivity index (χ0) is 23.2. The van der Waals surface area contributed by atoms with Gasteiger partial charge in [-0.15, -0.1) is 0 Å². The molecule has 2 N–H and O–H groups in total. The van der Waals surface area contributed by atoms with E-state index in [9.17, 15) is 8.78 Å². The van der Waals surface area contributed by atoms with Gasteiger partial charge in [0.1, 0.15) is 11.6 Å². The first-order valence-corrected chi connectivity index (χ1v) is 11.6. The van der Waals surface area contributed by atoms with Crippen molar-refractivity contribution in [1.82, 2.24) is 20.2 Å². The van der Waals surface area contributed by atoms with Gasteiger partial charge in [0.05, 0.1) is 5.69 Å². The molecule has 174 valence electrons. The Morgan fingerprint density at radius 2 is 1.91 bits per heavy atom. The molecule has 0 bridgehead atoms. The van der Waals surface area contributed by atoms with Crippen molar-refractivity contribution >= 4 is 5.95 Å². The largest absolute Gasteiger partial charge is 0.354 e. The van der Waals surface area contributed by atoms with Gasteiger partial charge in [-0.25, -0.2) is 18.7 Å². The molecule has 1 atom stereocenters. The number of aryl methyl sites for hydroxylation is 1. The standard InChI is InChI=1S/C26H31F2N5/c1-3-23-16-29-10-11-33(23)17-20-5-4-18(2)24(14-20)25-7-9-31-26(32-25)30-8-6-19-12-21(27)15-22(28)13-19/h4-5,7,9,12-15,23,29H,3,6,8,10-11,16-17H2,1-2H3,(H,30,31,32). The van der Waals surface area contributed by atoms with Crippen LogP contribution in [0.5, 0.6) is 0 Å². The molecule has 1 aliphatic heterocycles. The highest BCUT2D eigenvalue weighted by molar-refractivity contribution is 5.65. The van der Waals surface area contributed by atoms with Crippen LogP contribution in [0.1, 0.15) is 30.0 Å². The number of halogens is 2. The van der Waals surface area contributed by atoms with E-state index in [1.54, 1.807) is 6.20 Å². The molecule has 1 aromatic heterocycles. The Hall–Kier alpha value is -2.90. The predicted octanol–water partition coefficient (Wildman–Crippen LogP) is 4.57. The molecule has 2 aromatic carbocycles. The smallest absolute Gasteiger partial charge is 0.223 e. The first kappa shape index (κ1) is 23.3. The van der Waals surface area contributed by atoms with Crippen molar-refractivity contribution in [3.63, 3.8) is 0 Å². The van der Waals surface area contributed by atoms with E-state index in [0.29, 0.717) is 30.5 Å². The zero-order valence-electron chi connectivity index (χ0n) is 19.2. The molecule has 1 saturated heterocycles. The Labute approximate surface area is 194 Å². The molecule has 33 heavy (non-hydrogen) atoms. The Bertz CT molecular complexity index is 1070. The summed E-state index contributed by atoms with van der Waals surface area (Å²) in [6.45, 7) is 8.86. The minimum absolute atomic E-state index is 0.472. The normalized spacial score (nSPS) is 16.7. The van der Waals surface area contributed by atoms with Gasteiger partial charge in [0, 0.05) is 56.6 Å². The maximum Gasteiger partial charge on any atom is 0.223 e. The second-order valence-corrected chi connectivity index (χ2v) is 8.61. The molecule has 3 aromatic rings. The molecule has 0 amide bonds. The lowest BCUT2D eigenvalue weighted by atomic mass is 10.0. The molecule has 1 aliphatic rings. The van der Waals surface area contributed by atoms with E-state index < -0.39 is 11.6 Å². The molecule has 0 spiro atoms. The van der Waals surface area contributed by atoms with Crippen LogP contribution < -0.4 is 10.6 Å². The van der Waals surface area contributed by atoms with Gasteiger partial charge in [-0.05, 0) is 60.7 Å². The van der Waals surface area contributed by atoms with Gasteiger partial charge in [-0.1, -0.05) is 19.1 Å². The maximum absolute atomic E-state index is 13.4. The summed E-state index contributed by atoms with van der Waals surface area (Å²) >= 11 is 0. The first-order valence-electron chi connectivity index (χ1n) is 11.6. The fourth-order valence-electron chi connectivity index (χ4n) is 4.36. The lowest BCUT2D eigenvalue weighted by Crippen LogP contribution is -2.50. The predicted molar refractivity (Wildman–Crippen MR) is 128 cm³/mol. The van der Waals surface area contributed by atoms with E-state index in [4.69, 9.17) is 4.98 Å². The lowest BCUT2D eigenvalue weighted by Gasteiger charge is -2.35. The summed E-state index contributed by atoms with van der Waals surface area (Å²) in [6.07, 6.45) is 3.34. The number of nitrogens with zero attached hydrogens (tertiary/aromatic N) is 3. The summed E-state index contributed by atoms with van der Waals surface area (Å²) in [5, 5.41) is 6.66. The summed E-state index contributed by atoms with van der Waals surface area (Å²) in [7, 11) is 0. The third-order valence-electron chi connectivity index (χ3n) is 6.18. The average molecular weight is 452 g/mol. The van der Waals surface area contributed by atoms with Crippen molar-refractivity contribution in [2.75, 3.05) is 31.5 Å². The van der Waals surface area contributed by atoms with E-state index in [2.05, 4.69) is 52.6 Å². The van der Waals surface area contributed by atoms with Crippen LogP contribution in [0.2, 0.25) is 0 Å². The number of anilines is 1. The van der Waals surface area contributed by atoms with Gasteiger partial charge < -0.3 is 10.6 Å². The van der Waals surface area contributed by atoms with Crippen LogP contribution in [-0.4, -0.2) is 47.1 Å². The highest BCUT2D eigenvalue weighted by atomic mass is 19.1. The molecule has 2 heterocycles. The Morgan fingerprint density at radius 3 is 2.70 bits per heavy atom. The summed E-state index contributed by atoms with van der Waals surface area (Å²) < 4.78 is 26.8. The summed E-state index contributed by atoms with van der Waals surface area (Å²) in [4.78, 5) is 11.6. The van der Waals surface area contributed by atoms with Crippen LogP contribution in [-0.2, 0) is 13.0 Å². The molecule has 7 heteroatoms. The van der Waals surface area contributed by atoms with Crippen molar-refractivity contribution < 1.29 is 8.78 Å². The Balaban J connectivity index is 1.45. The monoisotopic (exact) mass is 451 g/mol. The van der Waals surface area contributed by atoms with Crippen molar-refractivity contribution in [1.29, 1.82) is 0 Å². The second kappa shape index (κ2) is 10.8. The number of hydrogen-bond donors (Lipinski definition) is 2. The molecule has 0 aliphatic carbocycles. The number of rotatable bonds is 8.